The van der Waals surface area contributed by atoms with E-state index in [0.717, 1.165) is 0 Å². The average molecular weight is 149 g/mol. The molecule has 0 unspecified atom stereocenters. The van der Waals surface area contributed by atoms with Crippen LogP contribution in [0.2, 0.25) is 0 Å². The normalized spacial score (nSPS) is 10.4. The first-order valence-corrected chi connectivity index (χ1v) is 2.11. The number of nitrogens with two attached hydrogens (primary N) is 2. The van der Waals surface area contributed by atoms with Crippen molar-refractivity contribution in [3.8, 4) is 0 Å². The Morgan fingerprint density at radius 2 is 1.50 bits per heavy atom. The molecule has 4 N–H and O–H groups in total. The van der Waals surface area contributed by atoms with Crippen molar-refractivity contribution in [1.29, 1.82) is 0 Å². The molecule has 0 aromatic rings. The third-order valence-corrected chi connectivity index (χ3v) is 0.698. The van der Waals surface area contributed by atoms with Crippen molar-refractivity contribution >= 4 is 0 Å². The number of hydrogen-bond donors (Lipinski definition) is 2. The molecule has 0 aliphatic rings. The molecule has 0 heterocycles. The van der Waals surface area contributed by atoms with Gasteiger partial charge in [-0.05, 0) is 0 Å². The van der Waals surface area contributed by atoms with E-state index in [4.69, 9.17) is 0 Å². The summed E-state index contributed by atoms with van der Waals surface area (Å²) >= 11 is 0. The molecule has 0 fully saturated rings. The highest BCUT2D eigenvalue weighted by molar-refractivity contribution is 4.75. The third kappa shape index (κ3) is 1.91. The second kappa shape index (κ2) is 3.03. The minimum absolute atomic E-state index is 0.824. The molecule has 0 rings (SSSR count). The van der Waals surface area contributed by atoms with Gasteiger partial charge in [0.2, 0.25) is 0 Å². The molecule has 0 atom stereocenters. The molecule has 0 aliphatic carbocycles. The fourth-order valence-electron chi connectivity index (χ4n) is 0.320. The van der Waals surface area contributed by atoms with Gasteiger partial charge in [-0.1, -0.05) is 0 Å². The molecule has 0 spiro atoms. The van der Waals surface area contributed by atoms with Crippen molar-refractivity contribution < 1.29 is 9.85 Å². The van der Waals surface area contributed by atoms with E-state index in [1.807, 2.05) is 0 Å². The minimum atomic E-state index is -2.19. The maximum atomic E-state index is 9.77. The van der Waals surface area contributed by atoms with Gasteiger partial charge in [0.05, 0.1) is 9.85 Å². The molecule has 0 aromatic carbocycles. The van der Waals surface area contributed by atoms with Gasteiger partial charge in [-0.15, -0.1) is 0 Å². The predicted molar refractivity (Wildman–Crippen MR) is 29.4 cm³/mol. The maximum Gasteiger partial charge on any atom is 0.484 e. The quantitative estimate of drug-likeness (QED) is 0.277. The lowest BCUT2D eigenvalue weighted by Gasteiger charge is -2.01. The average Bonchev–Trinajstić information content (AvgIpc) is 1.59. The van der Waals surface area contributed by atoms with Gasteiger partial charge in [-0.3, -0.25) is 31.7 Å². The molecule has 0 saturated heterocycles. The van der Waals surface area contributed by atoms with E-state index in [2.05, 4.69) is 11.5 Å². The largest absolute Gasteiger partial charge is 0.484 e. The van der Waals surface area contributed by atoms with E-state index in [1.165, 1.54) is 0 Å². The molecule has 10 heavy (non-hydrogen) atoms. The lowest BCUT2D eigenvalue weighted by molar-refractivity contribution is -0.736. The van der Waals surface area contributed by atoms with Crippen LogP contribution < -0.4 is 11.5 Å². The summed E-state index contributed by atoms with van der Waals surface area (Å²) in [6.45, 7) is 0. The van der Waals surface area contributed by atoms with Crippen molar-refractivity contribution in [2.24, 2.45) is 11.5 Å². The first kappa shape index (κ1) is 8.72. The predicted octanol–water partition coefficient (Wildman–Crippen LogP) is -1.73. The molecule has 0 saturated carbocycles. The van der Waals surface area contributed by atoms with Gasteiger partial charge in [0.25, 0.3) is 6.17 Å². The smallest absolute Gasteiger partial charge is 0.298 e. The Labute approximate surface area is 55.1 Å². The fraction of sp³-hybridized carbons (Fsp3) is 0.500. The maximum absolute atomic E-state index is 9.77. The van der Waals surface area contributed by atoms with Crippen molar-refractivity contribution in [1.82, 2.24) is 0 Å². The summed E-state index contributed by atoms with van der Waals surface area (Å²) in [4.78, 5) is 17.2. The number of hydrogen-bond acceptors (Lipinski definition) is 6. The lowest BCUT2D eigenvalue weighted by atomic mass is 10.4. The van der Waals surface area contributed by atoms with E-state index in [-0.39, 0.29) is 0 Å². The molecular formula is C2H5N4O4. The summed E-state index contributed by atoms with van der Waals surface area (Å²) in [6, 6.07) is 0. The van der Waals surface area contributed by atoms with Crippen molar-refractivity contribution in [2.45, 2.75) is 6.17 Å². The zero-order chi connectivity index (χ0) is 8.31. The van der Waals surface area contributed by atoms with Crippen LogP contribution in [0.1, 0.15) is 0 Å². The fourth-order valence-corrected chi connectivity index (χ4v) is 0.320. The Balaban J connectivity index is 4.27. The molecule has 0 aliphatic heterocycles. The number of rotatable bonds is 3. The molecule has 8 nitrogen and oxygen atoms in total. The summed E-state index contributed by atoms with van der Waals surface area (Å²) < 4.78 is 0. The minimum Gasteiger partial charge on any atom is -0.298 e. The third-order valence-electron chi connectivity index (χ3n) is 0.698. The zero-order valence-corrected chi connectivity index (χ0v) is 4.76. The van der Waals surface area contributed by atoms with Crippen LogP contribution in [0.15, 0.2) is 0 Å². The van der Waals surface area contributed by atoms with Crippen LogP contribution >= 0.6 is 0 Å². The SMILES string of the molecule is N[C](N)C([N+](=O)[O-])[N+](=O)[O-]. The van der Waals surface area contributed by atoms with Crippen LogP contribution in [-0.2, 0) is 0 Å². The standard InChI is InChI=1S/C2H5N4O4/c3-1(4)2(5(7)8)6(9)10/h2H,3-4H2. The number of nitrogens with zero attached hydrogens (tertiary/aromatic N) is 2. The molecule has 57 valence electrons. The van der Waals surface area contributed by atoms with Crippen molar-refractivity contribution in [3.63, 3.8) is 0 Å². The van der Waals surface area contributed by atoms with Gasteiger partial charge < -0.3 is 0 Å². The van der Waals surface area contributed by atoms with Gasteiger partial charge in [-0.25, -0.2) is 0 Å². The molecule has 0 bridgehead atoms. The van der Waals surface area contributed by atoms with Gasteiger partial charge in [0.15, 0.2) is 0 Å². The summed E-state index contributed by atoms with van der Waals surface area (Å²) in [6.07, 6.45) is -3.02. The van der Waals surface area contributed by atoms with E-state index in [1.54, 1.807) is 0 Å². The molecule has 1 radical (unpaired) electrons. The van der Waals surface area contributed by atoms with E-state index < -0.39 is 22.2 Å². The summed E-state index contributed by atoms with van der Waals surface area (Å²) in [5.41, 5.74) is 9.30. The Morgan fingerprint density at radius 1 is 1.20 bits per heavy atom. The Kier molecular flexibility index (Phi) is 2.65. The summed E-state index contributed by atoms with van der Waals surface area (Å²) in [5.74, 6) is 0. The molecule has 0 aromatic heterocycles. The van der Waals surface area contributed by atoms with Gasteiger partial charge in [0, 0.05) is 0 Å². The molecule has 0 amide bonds. The Bertz CT molecular complexity index is 141. The van der Waals surface area contributed by atoms with Gasteiger partial charge in [0.1, 0.15) is 0 Å². The topological polar surface area (TPSA) is 138 Å². The van der Waals surface area contributed by atoms with E-state index in [9.17, 15) is 20.2 Å². The Hall–Kier alpha value is -1.28. The van der Waals surface area contributed by atoms with Crippen LogP contribution in [0.3, 0.4) is 0 Å². The van der Waals surface area contributed by atoms with Gasteiger partial charge >= 0.3 is 6.17 Å². The first-order valence-electron chi connectivity index (χ1n) is 2.11. The second-order valence-electron chi connectivity index (χ2n) is 1.44. The van der Waals surface area contributed by atoms with Crippen molar-refractivity contribution in [3.05, 3.63) is 26.4 Å². The van der Waals surface area contributed by atoms with E-state index >= 15 is 0 Å². The zero-order valence-electron chi connectivity index (χ0n) is 4.76. The van der Waals surface area contributed by atoms with Crippen LogP contribution in [0.5, 0.6) is 0 Å². The summed E-state index contributed by atoms with van der Waals surface area (Å²) in [5, 5.41) is 19.5. The van der Waals surface area contributed by atoms with Crippen LogP contribution in [0, 0.1) is 26.4 Å². The van der Waals surface area contributed by atoms with Crippen LogP contribution in [-0.4, -0.2) is 16.0 Å². The van der Waals surface area contributed by atoms with Gasteiger partial charge in [-0.2, -0.15) is 0 Å². The Morgan fingerprint density at radius 3 is 1.50 bits per heavy atom. The first-order chi connectivity index (χ1) is 4.46. The molecular weight excluding hydrogens is 144 g/mol. The summed E-state index contributed by atoms with van der Waals surface area (Å²) in [7, 11) is 0. The van der Waals surface area contributed by atoms with Crippen LogP contribution in [0.25, 0.3) is 0 Å². The number of nitro groups is 2. The van der Waals surface area contributed by atoms with Crippen LogP contribution in [0.4, 0.5) is 0 Å². The highest BCUT2D eigenvalue weighted by atomic mass is 16.7. The van der Waals surface area contributed by atoms with E-state index in [0.29, 0.717) is 0 Å². The second-order valence-corrected chi connectivity index (χ2v) is 1.44. The molecule has 8 heteroatoms. The lowest BCUT2D eigenvalue weighted by Crippen LogP contribution is -2.44. The highest BCUT2D eigenvalue weighted by Gasteiger charge is 2.38. The highest BCUT2D eigenvalue weighted by Crippen LogP contribution is 1.96. The van der Waals surface area contributed by atoms with Crippen molar-refractivity contribution in [2.75, 3.05) is 0 Å². The monoisotopic (exact) mass is 149 g/mol.